The zero-order chi connectivity index (χ0) is 16.5. The third-order valence-electron chi connectivity index (χ3n) is 3.10. The van der Waals surface area contributed by atoms with Gasteiger partial charge in [-0.05, 0) is 31.2 Å². The first-order chi connectivity index (χ1) is 11.1. The van der Waals surface area contributed by atoms with Gasteiger partial charge in [0.2, 0.25) is 5.91 Å². The van der Waals surface area contributed by atoms with Crippen LogP contribution in [0.4, 0.5) is 0 Å². The van der Waals surface area contributed by atoms with Crippen molar-refractivity contribution in [3.63, 3.8) is 0 Å². The number of benzene rings is 1. The highest BCUT2D eigenvalue weighted by Gasteiger charge is 2.08. The molecule has 2 N–H and O–H groups in total. The number of furan rings is 1. The second-order valence-electron chi connectivity index (χ2n) is 4.99. The van der Waals surface area contributed by atoms with Crippen molar-refractivity contribution in [2.45, 2.75) is 13.3 Å². The molecule has 0 fully saturated rings. The van der Waals surface area contributed by atoms with Gasteiger partial charge in [-0.3, -0.25) is 9.59 Å². The van der Waals surface area contributed by atoms with E-state index in [1.54, 1.807) is 12.1 Å². The number of ether oxygens (including phenoxy) is 1. The Kier molecular flexibility index (Phi) is 6.23. The Balaban J connectivity index is 1.55. The van der Waals surface area contributed by atoms with E-state index in [0.717, 1.165) is 5.75 Å². The molecular formula is C17H20N2O4. The second kappa shape index (κ2) is 8.63. The van der Waals surface area contributed by atoms with Gasteiger partial charge in [0, 0.05) is 13.0 Å². The Morgan fingerprint density at radius 2 is 1.87 bits per heavy atom. The van der Waals surface area contributed by atoms with Crippen molar-refractivity contribution in [1.82, 2.24) is 10.6 Å². The van der Waals surface area contributed by atoms with Crippen molar-refractivity contribution in [3.8, 4) is 5.75 Å². The molecule has 1 heterocycles. The van der Waals surface area contributed by atoms with Crippen molar-refractivity contribution < 1.29 is 18.7 Å². The molecule has 0 saturated carbocycles. The topological polar surface area (TPSA) is 80.6 Å². The van der Waals surface area contributed by atoms with Crippen molar-refractivity contribution >= 4 is 11.8 Å². The molecule has 0 bridgehead atoms. The van der Waals surface area contributed by atoms with Gasteiger partial charge in [0.15, 0.2) is 5.76 Å². The fourth-order valence-corrected chi connectivity index (χ4v) is 1.87. The highest BCUT2D eigenvalue weighted by Crippen LogP contribution is 2.10. The number of amides is 2. The number of carbonyl (C=O) groups excluding carboxylic acids is 2. The lowest BCUT2D eigenvalue weighted by Crippen LogP contribution is -2.32. The summed E-state index contributed by atoms with van der Waals surface area (Å²) in [6.07, 6.45) is 1.63. The fraction of sp³-hybridized carbons (Fsp3) is 0.294. The Labute approximate surface area is 134 Å². The quantitative estimate of drug-likeness (QED) is 0.729. The van der Waals surface area contributed by atoms with Gasteiger partial charge in [-0.2, -0.15) is 0 Å². The van der Waals surface area contributed by atoms with E-state index in [-0.39, 0.29) is 30.5 Å². The SMILES string of the molecule is Cc1ccc(OCCNC(=O)CCNC(=O)c2ccco2)cc1. The highest BCUT2D eigenvalue weighted by molar-refractivity contribution is 5.91. The van der Waals surface area contributed by atoms with Crippen LogP contribution in [0.2, 0.25) is 0 Å². The van der Waals surface area contributed by atoms with E-state index in [9.17, 15) is 9.59 Å². The van der Waals surface area contributed by atoms with Gasteiger partial charge in [-0.25, -0.2) is 0 Å². The van der Waals surface area contributed by atoms with E-state index in [1.165, 1.54) is 11.8 Å². The standard InChI is InChI=1S/C17H20N2O4/c1-13-4-6-14(7-5-13)22-12-10-18-16(20)8-9-19-17(21)15-3-2-11-23-15/h2-7,11H,8-10,12H2,1H3,(H,18,20)(H,19,21). The van der Waals surface area contributed by atoms with Crippen LogP contribution in [0.15, 0.2) is 47.1 Å². The molecule has 1 aromatic carbocycles. The minimum atomic E-state index is -0.328. The van der Waals surface area contributed by atoms with Crippen molar-refractivity contribution in [1.29, 1.82) is 0 Å². The summed E-state index contributed by atoms with van der Waals surface area (Å²) in [5.41, 5.74) is 1.17. The summed E-state index contributed by atoms with van der Waals surface area (Å²) in [4.78, 5) is 23.2. The molecule has 0 spiro atoms. The van der Waals surface area contributed by atoms with Gasteiger partial charge in [0.1, 0.15) is 12.4 Å². The van der Waals surface area contributed by atoms with E-state index in [2.05, 4.69) is 10.6 Å². The normalized spacial score (nSPS) is 10.1. The summed E-state index contributed by atoms with van der Waals surface area (Å²) >= 11 is 0. The molecule has 2 amide bonds. The highest BCUT2D eigenvalue weighted by atomic mass is 16.5. The first-order valence-corrected chi connectivity index (χ1v) is 7.43. The molecule has 0 radical (unpaired) electrons. The number of hydrogen-bond acceptors (Lipinski definition) is 4. The molecule has 6 nitrogen and oxygen atoms in total. The number of nitrogens with one attached hydrogen (secondary N) is 2. The summed E-state index contributed by atoms with van der Waals surface area (Å²) in [7, 11) is 0. The summed E-state index contributed by atoms with van der Waals surface area (Å²) in [5.74, 6) is 0.537. The van der Waals surface area contributed by atoms with Crippen LogP contribution in [-0.4, -0.2) is 31.5 Å². The van der Waals surface area contributed by atoms with E-state index in [4.69, 9.17) is 9.15 Å². The summed E-state index contributed by atoms with van der Waals surface area (Å²) in [6, 6.07) is 10.9. The molecule has 23 heavy (non-hydrogen) atoms. The Hall–Kier alpha value is -2.76. The predicted molar refractivity (Wildman–Crippen MR) is 85.3 cm³/mol. The van der Waals surface area contributed by atoms with Gasteiger partial charge in [-0.15, -0.1) is 0 Å². The fourth-order valence-electron chi connectivity index (χ4n) is 1.87. The molecule has 0 aliphatic carbocycles. The minimum absolute atomic E-state index is 0.141. The third kappa shape index (κ3) is 5.86. The minimum Gasteiger partial charge on any atom is -0.492 e. The molecule has 1 aromatic heterocycles. The number of hydrogen-bond donors (Lipinski definition) is 2. The lowest BCUT2D eigenvalue weighted by molar-refractivity contribution is -0.121. The zero-order valence-corrected chi connectivity index (χ0v) is 13.0. The van der Waals surface area contributed by atoms with E-state index in [1.807, 2.05) is 31.2 Å². The van der Waals surface area contributed by atoms with Crippen LogP contribution >= 0.6 is 0 Å². The molecular weight excluding hydrogens is 296 g/mol. The van der Waals surface area contributed by atoms with Crippen LogP contribution in [0.25, 0.3) is 0 Å². The molecule has 0 aliphatic heterocycles. The van der Waals surface area contributed by atoms with Crippen LogP contribution in [-0.2, 0) is 4.79 Å². The molecule has 122 valence electrons. The first-order valence-electron chi connectivity index (χ1n) is 7.43. The number of carbonyl (C=O) groups is 2. The van der Waals surface area contributed by atoms with Crippen LogP contribution in [0.1, 0.15) is 22.5 Å². The average Bonchev–Trinajstić information content (AvgIpc) is 3.08. The van der Waals surface area contributed by atoms with Crippen molar-refractivity contribution in [3.05, 3.63) is 54.0 Å². The van der Waals surface area contributed by atoms with Crippen LogP contribution in [0.5, 0.6) is 5.75 Å². The lowest BCUT2D eigenvalue weighted by Gasteiger charge is -2.08. The van der Waals surface area contributed by atoms with E-state index < -0.39 is 0 Å². The van der Waals surface area contributed by atoms with Crippen LogP contribution in [0.3, 0.4) is 0 Å². The monoisotopic (exact) mass is 316 g/mol. The number of rotatable bonds is 8. The average molecular weight is 316 g/mol. The molecule has 0 unspecified atom stereocenters. The molecule has 0 saturated heterocycles. The van der Waals surface area contributed by atoms with Crippen molar-refractivity contribution in [2.75, 3.05) is 19.7 Å². The van der Waals surface area contributed by atoms with Crippen molar-refractivity contribution in [2.24, 2.45) is 0 Å². The summed E-state index contributed by atoms with van der Waals surface area (Å²) in [6.45, 7) is 3.07. The summed E-state index contributed by atoms with van der Waals surface area (Å²) < 4.78 is 10.5. The Bertz CT molecular complexity index is 621. The van der Waals surface area contributed by atoms with Gasteiger partial charge < -0.3 is 19.8 Å². The lowest BCUT2D eigenvalue weighted by atomic mass is 10.2. The maximum atomic E-state index is 11.6. The smallest absolute Gasteiger partial charge is 0.286 e. The Morgan fingerprint density at radius 1 is 1.09 bits per heavy atom. The molecule has 6 heteroatoms. The van der Waals surface area contributed by atoms with Gasteiger partial charge in [-0.1, -0.05) is 17.7 Å². The number of aryl methyl sites for hydroxylation is 1. The van der Waals surface area contributed by atoms with Crippen LogP contribution < -0.4 is 15.4 Å². The molecule has 0 aliphatic rings. The zero-order valence-electron chi connectivity index (χ0n) is 13.0. The predicted octanol–water partition coefficient (Wildman–Crippen LogP) is 1.90. The molecule has 2 aromatic rings. The van der Waals surface area contributed by atoms with Crippen LogP contribution in [0, 0.1) is 6.92 Å². The molecule has 2 rings (SSSR count). The van der Waals surface area contributed by atoms with E-state index in [0.29, 0.717) is 13.2 Å². The molecule has 0 atom stereocenters. The van der Waals surface area contributed by atoms with Gasteiger partial charge >= 0.3 is 0 Å². The van der Waals surface area contributed by atoms with Gasteiger partial charge in [0.05, 0.1) is 12.8 Å². The largest absolute Gasteiger partial charge is 0.492 e. The third-order valence-corrected chi connectivity index (χ3v) is 3.10. The maximum Gasteiger partial charge on any atom is 0.286 e. The maximum absolute atomic E-state index is 11.6. The Morgan fingerprint density at radius 3 is 2.57 bits per heavy atom. The second-order valence-corrected chi connectivity index (χ2v) is 4.99. The first kappa shape index (κ1) is 16.6. The summed E-state index contributed by atoms with van der Waals surface area (Å²) in [5, 5.41) is 5.35. The van der Waals surface area contributed by atoms with Gasteiger partial charge in [0.25, 0.3) is 5.91 Å². The van der Waals surface area contributed by atoms with E-state index >= 15 is 0 Å².